The summed E-state index contributed by atoms with van der Waals surface area (Å²) in [6.45, 7) is 3.75. The van der Waals surface area contributed by atoms with E-state index in [2.05, 4.69) is 5.32 Å². The number of para-hydroxylation sites is 2. The largest absolute Gasteiger partial charge is 0.497 e. The molecule has 2 atom stereocenters. The van der Waals surface area contributed by atoms with E-state index in [4.69, 9.17) is 14.2 Å². The quantitative estimate of drug-likeness (QED) is 0.793. The molecule has 0 aliphatic rings. The molecular weight excluding hydrogens is 318 g/mol. The predicted molar refractivity (Wildman–Crippen MR) is 97.3 cm³/mol. The summed E-state index contributed by atoms with van der Waals surface area (Å²) in [5.74, 6) is 1.76. The van der Waals surface area contributed by atoms with Crippen LogP contribution in [0.2, 0.25) is 0 Å². The van der Waals surface area contributed by atoms with Crippen LogP contribution < -0.4 is 19.5 Å². The van der Waals surface area contributed by atoms with E-state index in [1.807, 2.05) is 43.3 Å². The van der Waals surface area contributed by atoms with Crippen LogP contribution in [-0.4, -0.2) is 26.2 Å². The van der Waals surface area contributed by atoms with E-state index in [0.29, 0.717) is 11.5 Å². The summed E-state index contributed by atoms with van der Waals surface area (Å²) >= 11 is 0. The van der Waals surface area contributed by atoms with Gasteiger partial charge in [-0.25, -0.2) is 0 Å². The molecule has 0 unspecified atom stereocenters. The van der Waals surface area contributed by atoms with E-state index in [1.165, 1.54) is 0 Å². The molecule has 0 spiro atoms. The number of hydrogen-bond acceptors (Lipinski definition) is 4. The number of hydrogen-bond donors (Lipinski definition) is 1. The second kappa shape index (κ2) is 8.97. The first-order valence-electron chi connectivity index (χ1n) is 8.33. The van der Waals surface area contributed by atoms with Crippen LogP contribution in [-0.2, 0) is 4.79 Å². The van der Waals surface area contributed by atoms with Gasteiger partial charge in [-0.1, -0.05) is 31.2 Å². The zero-order chi connectivity index (χ0) is 18.2. The second-order valence-corrected chi connectivity index (χ2v) is 5.65. The van der Waals surface area contributed by atoms with Crippen LogP contribution >= 0.6 is 0 Å². The van der Waals surface area contributed by atoms with E-state index in [-0.39, 0.29) is 11.9 Å². The van der Waals surface area contributed by atoms with Crippen molar-refractivity contribution in [2.45, 2.75) is 32.4 Å². The van der Waals surface area contributed by atoms with Crippen LogP contribution in [0.1, 0.15) is 31.9 Å². The number of rotatable bonds is 8. The highest BCUT2D eigenvalue weighted by atomic mass is 16.5. The fourth-order valence-corrected chi connectivity index (χ4v) is 2.51. The third-order valence-corrected chi connectivity index (χ3v) is 3.98. The van der Waals surface area contributed by atoms with Crippen molar-refractivity contribution in [3.8, 4) is 17.2 Å². The molecule has 0 aromatic heterocycles. The molecule has 25 heavy (non-hydrogen) atoms. The monoisotopic (exact) mass is 343 g/mol. The number of carbonyl (C=O) groups excluding carboxylic acids is 1. The van der Waals surface area contributed by atoms with Crippen molar-refractivity contribution >= 4 is 5.91 Å². The van der Waals surface area contributed by atoms with Gasteiger partial charge in [0.15, 0.2) is 17.6 Å². The number of nitrogens with one attached hydrogen (secondary N) is 1. The molecular formula is C20H25NO4. The number of ether oxygens (including phenoxy) is 3. The highest BCUT2D eigenvalue weighted by Crippen LogP contribution is 2.27. The van der Waals surface area contributed by atoms with Gasteiger partial charge in [0.2, 0.25) is 0 Å². The Morgan fingerprint density at radius 2 is 1.64 bits per heavy atom. The fourth-order valence-electron chi connectivity index (χ4n) is 2.51. The molecule has 0 bridgehead atoms. The summed E-state index contributed by atoms with van der Waals surface area (Å²) in [7, 11) is 3.20. The molecule has 2 aromatic rings. The van der Waals surface area contributed by atoms with Crippen LogP contribution in [0.15, 0.2) is 48.5 Å². The lowest BCUT2D eigenvalue weighted by molar-refractivity contribution is -0.128. The van der Waals surface area contributed by atoms with E-state index in [9.17, 15) is 4.79 Å². The molecule has 5 nitrogen and oxygen atoms in total. The summed E-state index contributed by atoms with van der Waals surface area (Å²) in [4.78, 5) is 12.5. The van der Waals surface area contributed by atoms with Gasteiger partial charge in [0.1, 0.15) is 5.75 Å². The Kier molecular flexibility index (Phi) is 6.69. The third kappa shape index (κ3) is 4.89. The molecule has 0 aliphatic heterocycles. The number of carbonyl (C=O) groups is 1. The summed E-state index contributed by atoms with van der Waals surface area (Å²) in [6.07, 6.45) is 0.142. The lowest BCUT2D eigenvalue weighted by Gasteiger charge is -2.21. The maximum Gasteiger partial charge on any atom is 0.261 e. The highest BCUT2D eigenvalue weighted by molar-refractivity contribution is 5.81. The van der Waals surface area contributed by atoms with Crippen molar-refractivity contribution < 1.29 is 19.0 Å². The highest BCUT2D eigenvalue weighted by Gasteiger charge is 2.20. The third-order valence-electron chi connectivity index (χ3n) is 3.98. The molecule has 0 saturated carbocycles. The van der Waals surface area contributed by atoms with E-state index in [1.54, 1.807) is 33.3 Å². The average Bonchev–Trinajstić information content (AvgIpc) is 2.66. The van der Waals surface area contributed by atoms with Gasteiger partial charge in [0.25, 0.3) is 5.91 Å². The van der Waals surface area contributed by atoms with Gasteiger partial charge in [0, 0.05) is 0 Å². The van der Waals surface area contributed by atoms with Gasteiger partial charge in [-0.15, -0.1) is 0 Å². The Bertz CT molecular complexity index is 684. The Morgan fingerprint density at radius 3 is 2.20 bits per heavy atom. The molecule has 0 fully saturated rings. The zero-order valence-corrected chi connectivity index (χ0v) is 15.1. The van der Waals surface area contributed by atoms with Gasteiger partial charge in [-0.05, 0) is 43.2 Å². The standard InChI is InChI=1S/C20H25NO4/c1-5-17(15-10-12-16(23-3)13-11-15)21-20(22)14(2)25-19-9-7-6-8-18(19)24-4/h6-14,17H,5H2,1-4H3,(H,21,22)/t14-,17-/m0/s1. The number of amides is 1. The number of benzene rings is 2. The topological polar surface area (TPSA) is 56.8 Å². The van der Waals surface area contributed by atoms with Gasteiger partial charge in [-0.3, -0.25) is 4.79 Å². The van der Waals surface area contributed by atoms with Crippen molar-refractivity contribution in [3.63, 3.8) is 0 Å². The van der Waals surface area contributed by atoms with Gasteiger partial charge < -0.3 is 19.5 Å². The van der Waals surface area contributed by atoms with Crippen molar-refractivity contribution in [1.82, 2.24) is 5.32 Å². The fraction of sp³-hybridized carbons (Fsp3) is 0.350. The summed E-state index contributed by atoms with van der Waals surface area (Å²) in [6, 6.07) is 14.9. The van der Waals surface area contributed by atoms with Crippen molar-refractivity contribution in [3.05, 3.63) is 54.1 Å². The summed E-state index contributed by atoms with van der Waals surface area (Å²) in [5.41, 5.74) is 1.03. The predicted octanol–water partition coefficient (Wildman–Crippen LogP) is 3.74. The Labute approximate surface area is 148 Å². The first-order chi connectivity index (χ1) is 12.1. The van der Waals surface area contributed by atoms with E-state index >= 15 is 0 Å². The maximum atomic E-state index is 12.5. The smallest absolute Gasteiger partial charge is 0.261 e. The Morgan fingerprint density at radius 1 is 1.00 bits per heavy atom. The summed E-state index contributed by atoms with van der Waals surface area (Å²) < 4.78 is 16.2. The molecule has 0 radical (unpaired) electrons. The SMILES string of the molecule is CC[C@H](NC(=O)[C@H](C)Oc1ccccc1OC)c1ccc(OC)cc1. The maximum absolute atomic E-state index is 12.5. The molecule has 0 saturated heterocycles. The first-order valence-corrected chi connectivity index (χ1v) is 8.33. The zero-order valence-electron chi connectivity index (χ0n) is 15.1. The van der Waals surface area contributed by atoms with Gasteiger partial charge in [0.05, 0.1) is 20.3 Å². The molecule has 2 aromatic carbocycles. The lowest BCUT2D eigenvalue weighted by atomic mass is 10.0. The molecule has 134 valence electrons. The van der Waals surface area contributed by atoms with Crippen LogP contribution in [0.3, 0.4) is 0 Å². The Hall–Kier alpha value is -2.69. The number of methoxy groups -OCH3 is 2. The van der Waals surface area contributed by atoms with Crippen LogP contribution in [0.5, 0.6) is 17.2 Å². The first kappa shape index (κ1) is 18.6. The molecule has 1 amide bonds. The average molecular weight is 343 g/mol. The minimum atomic E-state index is -0.636. The molecule has 1 N–H and O–H groups in total. The molecule has 0 aliphatic carbocycles. The second-order valence-electron chi connectivity index (χ2n) is 5.65. The minimum absolute atomic E-state index is 0.0814. The minimum Gasteiger partial charge on any atom is -0.497 e. The van der Waals surface area contributed by atoms with Crippen molar-refractivity contribution in [1.29, 1.82) is 0 Å². The summed E-state index contributed by atoms with van der Waals surface area (Å²) in [5, 5.41) is 3.03. The van der Waals surface area contributed by atoms with Crippen molar-refractivity contribution in [2.75, 3.05) is 14.2 Å². The van der Waals surface area contributed by atoms with E-state index < -0.39 is 6.10 Å². The normalized spacial score (nSPS) is 12.8. The van der Waals surface area contributed by atoms with Crippen molar-refractivity contribution in [2.24, 2.45) is 0 Å². The molecule has 0 heterocycles. The molecule has 5 heteroatoms. The Balaban J connectivity index is 2.02. The van der Waals surface area contributed by atoms with Crippen LogP contribution in [0, 0.1) is 0 Å². The van der Waals surface area contributed by atoms with Gasteiger partial charge >= 0.3 is 0 Å². The van der Waals surface area contributed by atoms with Crippen LogP contribution in [0.4, 0.5) is 0 Å². The molecule has 2 rings (SSSR count). The lowest BCUT2D eigenvalue weighted by Crippen LogP contribution is -2.38. The van der Waals surface area contributed by atoms with Crippen LogP contribution in [0.25, 0.3) is 0 Å². The van der Waals surface area contributed by atoms with E-state index in [0.717, 1.165) is 17.7 Å². The van der Waals surface area contributed by atoms with Gasteiger partial charge in [-0.2, -0.15) is 0 Å².